The van der Waals surface area contributed by atoms with Gasteiger partial charge in [-0.3, -0.25) is 0 Å². The number of anilines is 1. The van der Waals surface area contributed by atoms with Crippen LogP contribution in [0.1, 0.15) is 13.8 Å². The minimum absolute atomic E-state index is 0.0446. The van der Waals surface area contributed by atoms with Crippen molar-refractivity contribution in [2.24, 2.45) is 0 Å². The summed E-state index contributed by atoms with van der Waals surface area (Å²) in [4.78, 5) is 9.91. The largest absolute Gasteiger partial charge is 0.490 e. The topological polar surface area (TPSA) is 58.5 Å². The SMILES string of the molecule is COc1c(Cl)ncnc1N(CCO)C(C)C. The smallest absolute Gasteiger partial charge is 0.199 e. The molecule has 0 bridgehead atoms. The second kappa shape index (κ2) is 5.86. The Bertz CT molecular complexity index is 347. The molecule has 0 saturated heterocycles. The summed E-state index contributed by atoms with van der Waals surface area (Å²) in [7, 11) is 1.52. The molecule has 0 fully saturated rings. The van der Waals surface area contributed by atoms with Gasteiger partial charge in [-0.1, -0.05) is 11.6 Å². The van der Waals surface area contributed by atoms with Crippen LogP contribution >= 0.6 is 11.6 Å². The first-order valence-corrected chi connectivity index (χ1v) is 5.41. The van der Waals surface area contributed by atoms with Crippen LogP contribution < -0.4 is 9.64 Å². The van der Waals surface area contributed by atoms with E-state index in [-0.39, 0.29) is 17.8 Å². The molecule has 1 rings (SSSR count). The molecule has 0 spiro atoms. The molecular formula is C10H16ClN3O2. The summed E-state index contributed by atoms with van der Waals surface area (Å²) >= 11 is 5.91. The summed E-state index contributed by atoms with van der Waals surface area (Å²) < 4.78 is 5.17. The Morgan fingerprint density at radius 2 is 2.19 bits per heavy atom. The summed E-state index contributed by atoms with van der Waals surface area (Å²) in [6.45, 7) is 4.53. The zero-order chi connectivity index (χ0) is 12.1. The van der Waals surface area contributed by atoms with Gasteiger partial charge in [0.05, 0.1) is 13.7 Å². The maximum Gasteiger partial charge on any atom is 0.199 e. The van der Waals surface area contributed by atoms with Gasteiger partial charge in [-0.25, -0.2) is 9.97 Å². The normalized spacial score (nSPS) is 10.6. The van der Waals surface area contributed by atoms with Crippen molar-refractivity contribution in [3.63, 3.8) is 0 Å². The molecule has 1 aromatic rings. The van der Waals surface area contributed by atoms with Crippen LogP contribution in [-0.4, -0.2) is 41.4 Å². The predicted molar refractivity (Wildman–Crippen MR) is 63.2 cm³/mol. The van der Waals surface area contributed by atoms with Crippen LogP contribution in [0.15, 0.2) is 6.33 Å². The molecule has 0 aliphatic carbocycles. The Labute approximate surface area is 100 Å². The molecule has 1 N–H and O–H groups in total. The molecule has 1 heterocycles. The number of ether oxygens (including phenoxy) is 1. The van der Waals surface area contributed by atoms with Crippen LogP contribution in [0.25, 0.3) is 0 Å². The molecule has 0 aromatic carbocycles. The van der Waals surface area contributed by atoms with Gasteiger partial charge in [0.25, 0.3) is 0 Å². The summed E-state index contributed by atoms with van der Waals surface area (Å²) in [5.41, 5.74) is 0. The molecule has 16 heavy (non-hydrogen) atoms. The highest BCUT2D eigenvalue weighted by Crippen LogP contribution is 2.32. The highest BCUT2D eigenvalue weighted by Gasteiger charge is 2.19. The van der Waals surface area contributed by atoms with E-state index in [0.29, 0.717) is 18.1 Å². The summed E-state index contributed by atoms with van der Waals surface area (Å²) in [6.07, 6.45) is 1.38. The summed E-state index contributed by atoms with van der Waals surface area (Å²) in [5.74, 6) is 1.04. The minimum atomic E-state index is 0.0446. The van der Waals surface area contributed by atoms with E-state index in [1.54, 1.807) is 0 Å². The van der Waals surface area contributed by atoms with Crippen LogP contribution in [0.3, 0.4) is 0 Å². The van der Waals surface area contributed by atoms with Crippen LogP contribution in [0.2, 0.25) is 5.15 Å². The van der Waals surface area contributed by atoms with Crippen LogP contribution in [0.4, 0.5) is 5.82 Å². The van der Waals surface area contributed by atoms with Crippen molar-refractivity contribution in [2.75, 3.05) is 25.2 Å². The zero-order valence-corrected chi connectivity index (χ0v) is 10.4. The molecule has 0 saturated carbocycles. The molecule has 5 nitrogen and oxygen atoms in total. The summed E-state index contributed by atoms with van der Waals surface area (Å²) in [6, 6.07) is 0.187. The van der Waals surface area contributed by atoms with Gasteiger partial charge in [-0.2, -0.15) is 0 Å². The second-order valence-electron chi connectivity index (χ2n) is 3.53. The minimum Gasteiger partial charge on any atom is -0.490 e. The average molecular weight is 246 g/mol. The fourth-order valence-electron chi connectivity index (χ4n) is 1.44. The Hall–Kier alpha value is -1.07. The van der Waals surface area contributed by atoms with Crippen molar-refractivity contribution in [2.45, 2.75) is 19.9 Å². The standard InChI is InChI=1S/C10H16ClN3O2/c1-7(2)14(4-5-15)10-8(16-3)9(11)12-6-13-10/h6-7,15H,4-5H2,1-3H3. The zero-order valence-electron chi connectivity index (χ0n) is 9.64. The van der Waals surface area contributed by atoms with Gasteiger partial charge in [0.2, 0.25) is 0 Å². The second-order valence-corrected chi connectivity index (χ2v) is 3.89. The number of hydrogen-bond donors (Lipinski definition) is 1. The van der Waals surface area contributed by atoms with Crippen molar-refractivity contribution < 1.29 is 9.84 Å². The highest BCUT2D eigenvalue weighted by molar-refractivity contribution is 6.31. The van der Waals surface area contributed by atoms with Crippen LogP contribution in [0.5, 0.6) is 5.75 Å². The van der Waals surface area contributed by atoms with Gasteiger partial charge in [0, 0.05) is 12.6 Å². The first kappa shape index (κ1) is 13.0. The maximum atomic E-state index is 9.02. The molecule has 0 unspecified atom stereocenters. The Kier molecular flexibility index (Phi) is 4.76. The van der Waals surface area contributed by atoms with E-state index in [1.165, 1.54) is 13.4 Å². The van der Waals surface area contributed by atoms with E-state index in [0.717, 1.165) is 0 Å². The molecule has 0 atom stereocenters. The lowest BCUT2D eigenvalue weighted by atomic mass is 10.3. The lowest BCUT2D eigenvalue weighted by molar-refractivity contribution is 0.297. The molecular weight excluding hydrogens is 230 g/mol. The van der Waals surface area contributed by atoms with E-state index in [4.69, 9.17) is 21.4 Å². The number of rotatable bonds is 5. The third-order valence-electron chi connectivity index (χ3n) is 2.18. The van der Waals surface area contributed by atoms with Gasteiger partial charge in [-0.15, -0.1) is 0 Å². The number of aromatic nitrogens is 2. The van der Waals surface area contributed by atoms with Crippen molar-refractivity contribution in [1.29, 1.82) is 0 Å². The van der Waals surface area contributed by atoms with Crippen LogP contribution in [-0.2, 0) is 0 Å². The fraction of sp³-hybridized carbons (Fsp3) is 0.600. The van der Waals surface area contributed by atoms with Crippen molar-refractivity contribution in [1.82, 2.24) is 9.97 Å². The van der Waals surface area contributed by atoms with Gasteiger partial charge >= 0.3 is 0 Å². The summed E-state index contributed by atoms with van der Waals surface area (Å²) in [5, 5.41) is 9.30. The fourth-order valence-corrected chi connectivity index (χ4v) is 1.65. The van der Waals surface area contributed by atoms with Gasteiger partial charge in [-0.05, 0) is 13.8 Å². The number of halogens is 1. The van der Waals surface area contributed by atoms with Gasteiger partial charge in [0.1, 0.15) is 6.33 Å². The van der Waals surface area contributed by atoms with E-state index in [1.807, 2.05) is 18.7 Å². The number of nitrogens with zero attached hydrogens (tertiary/aromatic N) is 3. The molecule has 0 aliphatic heterocycles. The molecule has 6 heteroatoms. The monoisotopic (exact) mass is 245 g/mol. The van der Waals surface area contributed by atoms with Crippen LogP contribution in [0, 0.1) is 0 Å². The molecule has 0 amide bonds. The van der Waals surface area contributed by atoms with E-state index in [9.17, 15) is 0 Å². The maximum absolute atomic E-state index is 9.02. The number of aliphatic hydroxyl groups is 1. The molecule has 1 aromatic heterocycles. The molecule has 0 aliphatic rings. The first-order valence-electron chi connectivity index (χ1n) is 5.03. The molecule has 0 radical (unpaired) electrons. The van der Waals surface area contributed by atoms with Gasteiger partial charge < -0.3 is 14.7 Å². The van der Waals surface area contributed by atoms with Crippen molar-refractivity contribution in [3.8, 4) is 5.75 Å². The Morgan fingerprint density at radius 3 is 2.69 bits per heavy atom. The van der Waals surface area contributed by atoms with Crippen molar-refractivity contribution >= 4 is 17.4 Å². The lowest BCUT2D eigenvalue weighted by Crippen LogP contribution is -2.34. The van der Waals surface area contributed by atoms with Gasteiger partial charge in [0.15, 0.2) is 16.7 Å². The number of aliphatic hydroxyl groups excluding tert-OH is 1. The predicted octanol–water partition coefficient (Wildman–Crippen LogP) is 1.35. The van der Waals surface area contributed by atoms with E-state index >= 15 is 0 Å². The van der Waals surface area contributed by atoms with E-state index < -0.39 is 0 Å². The Morgan fingerprint density at radius 1 is 1.50 bits per heavy atom. The first-order chi connectivity index (χ1) is 7.61. The highest BCUT2D eigenvalue weighted by atomic mass is 35.5. The Balaban J connectivity index is 3.12. The third-order valence-corrected chi connectivity index (χ3v) is 2.45. The third kappa shape index (κ3) is 2.74. The number of methoxy groups -OCH3 is 1. The number of hydrogen-bond acceptors (Lipinski definition) is 5. The quantitative estimate of drug-likeness (QED) is 0.794. The van der Waals surface area contributed by atoms with E-state index in [2.05, 4.69) is 9.97 Å². The average Bonchev–Trinajstić information content (AvgIpc) is 2.25. The van der Waals surface area contributed by atoms with Crippen molar-refractivity contribution in [3.05, 3.63) is 11.5 Å². The lowest BCUT2D eigenvalue weighted by Gasteiger charge is -2.28. The molecule has 90 valence electrons.